The molecule has 0 spiro atoms. The Bertz CT molecular complexity index is 607. The van der Waals surface area contributed by atoms with Gasteiger partial charge in [0.05, 0.1) is 0 Å². The van der Waals surface area contributed by atoms with Crippen LogP contribution in [0.25, 0.3) is 0 Å². The molecule has 0 bridgehead atoms. The van der Waals surface area contributed by atoms with Gasteiger partial charge in [0.15, 0.2) is 0 Å². The van der Waals surface area contributed by atoms with E-state index >= 15 is 0 Å². The summed E-state index contributed by atoms with van der Waals surface area (Å²) in [7, 11) is 0. The Morgan fingerprint density at radius 1 is 1.20 bits per heavy atom. The maximum absolute atomic E-state index is 11.4. The van der Waals surface area contributed by atoms with Gasteiger partial charge in [-0.3, -0.25) is 4.79 Å². The monoisotopic (exact) mass is 272 g/mol. The van der Waals surface area contributed by atoms with Crippen molar-refractivity contribution in [2.75, 3.05) is 6.61 Å². The fourth-order valence-electron chi connectivity index (χ4n) is 1.95. The van der Waals surface area contributed by atoms with Crippen molar-refractivity contribution in [1.82, 2.24) is 0 Å². The van der Waals surface area contributed by atoms with E-state index in [2.05, 4.69) is 0 Å². The topological polar surface area (TPSA) is 66.8 Å². The van der Waals surface area contributed by atoms with Gasteiger partial charge < -0.3 is 14.9 Å². The minimum atomic E-state index is -0.934. The Balaban J connectivity index is 2.13. The summed E-state index contributed by atoms with van der Waals surface area (Å²) in [6, 6.07) is 13.7. The molecule has 0 fully saturated rings. The van der Waals surface area contributed by atoms with Crippen LogP contribution in [0.5, 0.6) is 11.5 Å². The van der Waals surface area contributed by atoms with E-state index in [-0.39, 0.29) is 12.4 Å². The van der Waals surface area contributed by atoms with E-state index in [0.29, 0.717) is 11.3 Å². The van der Waals surface area contributed by atoms with Crippen molar-refractivity contribution in [1.29, 1.82) is 0 Å². The second-order valence-corrected chi connectivity index (χ2v) is 4.61. The Morgan fingerprint density at radius 2 is 1.95 bits per heavy atom. The molecule has 2 aromatic rings. The lowest BCUT2D eigenvalue weighted by molar-refractivity contribution is -0.139. The van der Waals surface area contributed by atoms with E-state index < -0.39 is 11.9 Å². The van der Waals surface area contributed by atoms with E-state index in [4.69, 9.17) is 4.74 Å². The van der Waals surface area contributed by atoms with Crippen molar-refractivity contribution in [3.05, 3.63) is 59.7 Å². The van der Waals surface area contributed by atoms with Crippen LogP contribution in [0.3, 0.4) is 0 Å². The fourth-order valence-corrected chi connectivity index (χ4v) is 1.95. The summed E-state index contributed by atoms with van der Waals surface area (Å²) >= 11 is 0. The molecule has 0 radical (unpaired) electrons. The molecule has 1 unspecified atom stereocenters. The normalized spacial score (nSPS) is 11.8. The number of hydrogen-bond acceptors (Lipinski definition) is 3. The molecule has 2 aromatic carbocycles. The summed E-state index contributed by atoms with van der Waals surface area (Å²) in [4.78, 5) is 11.4. The van der Waals surface area contributed by atoms with Gasteiger partial charge >= 0.3 is 5.97 Å². The highest BCUT2D eigenvalue weighted by atomic mass is 16.5. The molecule has 0 aromatic heterocycles. The molecule has 0 aliphatic heterocycles. The maximum atomic E-state index is 11.4. The van der Waals surface area contributed by atoms with Crippen LogP contribution in [-0.2, 0) is 4.79 Å². The zero-order chi connectivity index (χ0) is 14.5. The van der Waals surface area contributed by atoms with Crippen molar-refractivity contribution in [3.63, 3.8) is 0 Å². The highest BCUT2D eigenvalue weighted by Crippen LogP contribution is 2.22. The molecule has 0 saturated heterocycles. The SMILES string of the molecule is Cc1cccc(C(COc2cccc(O)c2)C(=O)O)c1. The molecule has 4 nitrogen and oxygen atoms in total. The highest BCUT2D eigenvalue weighted by molar-refractivity contribution is 5.76. The first kappa shape index (κ1) is 13.9. The summed E-state index contributed by atoms with van der Waals surface area (Å²) in [5.74, 6) is -1.14. The lowest BCUT2D eigenvalue weighted by Crippen LogP contribution is -2.19. The molecule has 2 rings (SSSR count). The summed E-state index contributed by atoms with van der Waals surface area (Å²) in [6.07, 6.45) is 0. The largest absolute Gasteiger partial charge is 0.508 e. The van der Waals surface area contributed by atoms with E-state index in [1.807, 2.05) is 25.1 Å². The number of aryl methyl sites for hydroxylation is 1. The molecule has 0 amide bonds. The number of carboxylic acid groups (broad SMARTS) is 1. The first-order chi connectivity index (χ1) is 9.56. The van der Waals surface area contributed by atoms with Crippen molar-refractivity contribution >= 4 is 5.97 Å². The van der Waals surface area contributed by atoms with E-state index in [1.54, 1.807) is 18.2 Å². The second-order valence-electron chi connectivity index (χ2n) is 4.61. The minimum Gasteiger partial charge on any atom is -0.508 e. The maximum Gasteiger partial charge on any atom is 0.314 e. The van der Waals surface area contributed by atoms with Gasteiger partial charge in [0.2, 0.25) is 0 Å². The van der Waals surface area contributed by atoms with Crippen LogP contribution < -0.4 is 4.74 Å². The predicted octanol–water partition coefficient (Wildman–Crippen LogP) is 2.95. The van der Waals surface area contributed by atoms with E-state index in [0.717, 1.165) is 5.56 Å². The predicted molar refractivity (Wildman–Crippen MR) is 75.2 cm³/mol. The van der Waals surface area contributed by atoms with Crippen molar-refractivity contribution in [2.45, 2.75) is 12.8 Å². The zero-order valence-electron chi connectivity index (χ0n) is 11.1. The summed E-state index contributed by atoms with van der Waals surface area (Å²) in [5, 5.41) is 18.7. The molecular weight excluding hydrogens is 256 g/mol. The van der Waals surface area contributed by atoms with Gasteiger partial charge in [-0.25, -0.2) is 0 Å². The molecule has 4 heteroatoms. The number of benzene rings is 2. The Hall–Kier alpha value is -2.49. The number of hydrogen-bond donors (Lipinski definition) is 2. The minimum absolute atomic E-state index is 0.0161. The van der Waals surface area contributed by atoms with Crippen LogP contribution in [0.2, 0.25) is 0 Å². The molecule has 20 heavy (non-hydrogen) atoms. The molecule has 0 aliphatic rings. The zero-order valence-corrected chi connectivity index (χ0v) is 11.1. The summed E-state index contributed by atoms with van der Waals surface area (Å²) in [5.41, 5.74) is 1.71. The third-order valence-corrected chi connectivity index (χ3v) is 2.98. The van der Waals surface area contributed by atoms with Crippen LogP contribution in [0, 0.1) is 6.92 Å². The van der Waals surface area contributed by atoms with Crippen LogP contribution in [0.15, 0.2) is 48.5 Å². The summed E-state index contributed by atoms with van der Waals surface area (Å²) < 4.78 is 5.46. The van der Waals surface area contributed by atoms with Crippen molar-refractivity contribution in [3.8, 4) is 11.5 Å². The number of ether oxygens (including phenoxy) is 1. The van der Waals surface area contributed by atoms with Gasteiger partial charge in [-0.05, 0) is 24.6 Å². The highest BCUT2D eigenvalue weighted by Gasteiger charge is 2.20. The van der Waals surface area contributed by atoms with Gasteiger partial charge in [-0.15, -0.1) is 0 Å². The van der Waals surface area contributed by atoms with Crippen LogP contribution in [0.4, 0.5) is 0 Å². The smallest absolute Gasteiger partial charge is 0.314 e. The molecular formula is C16H16O4. The average Bonchev–Trinajstić information content (AvgIpc) is 2.38. The van der Waals surface area contributed by atoms with Gasteiger partial charge in [0, 0.05) is 6.07 Å². The lowest BCUT2D eigenvalue weighted by atomic mass is 9.98. The Kier molecular flexibility index (Phi) is 4.25. The summed E-state index contributed by atoms with van der Waals surface area (Å²) in [6.45, 7) is 1.93. The van der Waals surface area contributed by atoms with Crippen LogP contribution >= 0.6 is 0 Å². The number of carbonyl (C=O) groups is 1. The van der Waals surface area contributed by atoms with Crippen molar-refractivity contribution in [2.24, 2.45) is 0 Å². The second kappa shape index (κ2) is 6.10. The third-order valence-electron chi connectivity index (χ3n) is 2.98. The average molecular weight is 272 g/mol. The Morgan fingerprint density at radius 3 is 2.60 bits per heavy atom. The number of phenolic OH excluding ortho intramolecular Hbond substituents is 1. The van der Waals surface area contributed by atoms with Gasteiger partial charge in [-0.1, -0.05) is 35.9 Å². The van der Waals surface area contributed by atoms with E-state index in [9.17, 15) is 15.0 Å². The van der Waals surface area contributed by atoms with Crippen LogP contribution in [-0.4, -0.2) is 22.8 Å². The Labute approximate surface area is 117 Å². The van der Waals surface area contributed by atoms with Crippen LogP contribution in [0.1, 0.15) is 17.0 Å². The van der Waals surface area contributed by atoms with Gasteiger partial charge in [0.25, 0.3) is 0 Å². The molecule has 2 N–H and O–H groups in total. The third kappa shape index (κ3) is 3.51. The standard InChI is InChI=1S/C16H16O4/c1-11-4-2-5-12(8-11)15(16(18)19)10-20-14-7-3-6-13(17)9-14/h2-9,15,17H,10H2,1H3,(H,18,19). The molecule has 104 valence electrons. The number of aromatic hydroxyl groups is 1. The van der Waals surface area contributed by atoms with Gasteiger partial charge in [0.1, 0.15) is 24.0 Å². The fraction of sp³-hybridized carbons (Fsp3) is 0.188. The van der Waals surface area contributed by atoms with E-state index in [1.165, 1.54) is 12.1 Å². The molecule has 0 heterocycles. The van der Waals surface area contributed by atoms with Crippen molar-refractivity contribution < 1.29 is 19.7 Å². The molecule has 0 aliphatic carbocycles. The molecule has 0 saturated carbocycles. The lowest BCUT2D eigenvalue weighted by Gasteiger charge is -2.14. The van der Waals surface area contributed by atoms with Gasteiger partial charge in [-0.2, -0.15) is 0 Å². The first-order valence-electron chi connectivity index (χ1n) is 6.27. The molecule has 1 atom stereocenters. The number of rotatable bonds is 5. The quantitative estimate of drug-likeness (QED) is 0.878. The number of carboxylic acids is 1. The number of phenols is 1. The number of aliphatic carboxylic acids is 1. The first-order valence-corrected chi connectivity index (χ1v) is 6.27.